The molecule has 2 heteroatoms. The quantitative estimate of drug-likeness (QED) is 0.515. The number of hydrogen-bond acceptors (Lipinski definition) is 2. The Labute approximate surface area is 91.7 Å². The standard InChI is InChI=1S/C13H20O2/c1-9(2)12(14)15-13(3)7-5-4-6-10-8-11(10)13/h10-11H,1,4-8H2,2-3H3. The van der Waals surface area contributed by atoms with Crippen LogP contribution in [-0.4, -0.2) is 11.6 Å². The first-order chi connectivity index (χ1) is 7.03. The van der Waals surface area contributed by atoms with Crippen molar-refractivity contribution in [1.82, 2.24) is 0 Å². The summed E-state index contributed by atoms with van der Waals surface area (Å²) in [7, 11) is 0. The number of hydrogen-bond donors (Lipinski definition) is 0. The fraction of sp³-hybridized carbons (Fsp3) is 0.769. The molecule has 3 unspecified atom stereocenters. The van der Waals surface area contributed by atoms with E-state index in [1.54, 1.807) is 6.92 Å². The van der Waals surface area contributed by atoms with Gasteiger partial charge in [-0.15, -0.1) is 0 Å². The van der Waals surface area contributed by atoms with Crippen LogP contribution < -0.4 is 0 Å². The van der Waals surface area contributed by atoms with Gasteiger partial charge in [0.2, 0.25) is 0 Å². The number of carbonyl (C=O) groups excluding carboxylic acids is 1. The summed E-state index contributed by atoms with van der Waals surface area (Å²) in [5.74, 6) is 1.21. The van der Waals surface area contributed by atoms with Gasteiger partial charge in [0.25, 0.3) is 0 Å². The molecule has 0 saturated heterocycles. The minimum atomic E-state index is -0.218. The van der Waals surface area contributed by atoms with Gasteiger partial charge in [0.15, 0.2) is 0 Å². The first-order valence-corrected chi connectivity index (χ1v) is 5.92. The summed E-state index contributed by atoms with van der Waals surface area (Å²) in [5.41, 5.74) is 0.301. The van der Waals surface area contributed by atoms with E-state index in [1.807, 2.05) is 0 Å². The number of rotatable bonds is 2. The molecule has 0 aromatic rings. The van der Waals surface area contributed by atoms with Crippen LogP contribution in [0.5, 0.6) is 0 Å². The zero-order valence-corrected chi connectivity index (χ0v) is 9.71. The van der Waals surface area contributed by atoms with Crippen molar-refractivity contribution in [1.29, 1.82) is 0 Å². The molecule has 0 spiro atoms. The maximum atomic E-state index is 11.6. The zero-order chi connectivity index (χ0) is 11.1. The van der Waals surface area contributed by atoms with Crippen LogP contribution in [0.1, 0.15) is 46.0 Å². The highest BCUT2D eigenvalue weighted by molar-refractivity contribution is 5.87. The van der Waals surface area contributed by atoms with Crippen molar-refractivity contribution in [2.24, 2.45) is 11.8 Å². The largest absolute Gasteiger partial charge is 0.456 e. The van der Waals surface area contributed by atoms with Gasteiger partial charge in [-0.2, -0.15) is 0 Å². The Balaban J connectivity index is 2.04. The molecule has 2 fully saturated rings. The van der Waals surface area contributed by atoms with Gasteiger partial charge in [0.1, 0.15) is 5.60 Å². The monoisotopic (exact) mass is 208 g/mol. The third-order valence-electron chi connectivity index (χ3n) is 3.88. The minimum absolute atomic E-state index is 0.211. The Hall–Kier alpha value is -0.790. The van der Waals surface area contributed by atoms with Crippen LogP contribution in [-0.2, 0) is 9.53 Å². The predicted molar refractivity (Wildman–Crippen MR) is 59.4 cm³/mol. The molecule has 0 aliphatic heterocycles. The molecule has 2 aliphatic rings. The lowest BCUT2D eigenvalue weighted by atomic mass is 9.94. The van der Waals surface area contributed by atoms with Crippen LogP contribution in [0, 0.1) is 11.8 Å². The summed E-state index contributed by atoms with van der Waals surface area (Å²) in [6, 6.07) is 0. The predicted octanol–water partition coefficient (Wildman–Crippen LogP) is 3.07. The molecule has 3 atom stereocenters. The highest BCUT2D eigenvalue weighted by atomic mass is 16.6. The van der Waals surface area contributed by atoms with E-state index in [-0.39, 0.29) is 11.6 Å². The van der Waals surface area contributed by atoms with E-state index < -0.39 is 0 Å². The van der Waals surface area contributed by atoms with Gasteiger partial charge in [0.05, 0.1) is 0 Å². The molecule has 2 saturated carbocycles. The second-order valence-corrected chi connectivity index (χ2v) is 5.33. The maximum Gasteiger partial charge on any atom is 0.333 e. The van der Waals surface area contributed by atoms with Crippen molar-refractivity contribution < 1.29 is 9.53 Å². The van der Waals surface area contributed by atoms with Crippen LogP contribution in [0.25, 0.3) is 0 Å². The second-order valence-electron chi connectivity index (χ2n) is 5.33. The van der Waals surface area contributed by atoms with E-state index in [2.05, 4.69) is 13.5 Å². The average molecular weight is 208 g/mol. The van der Waals surface area contributed by atoms with Crippen molar-refractivity contribution in [3.63, 3.8) is 0 Å². The topological polar surface area (TPSA) is 26.3 Å². The summed E-state index contributed by atoms with van der Waals surface area (Å²) in [6.45, 7) is 7.46. The number of ether oxygens (including phenoxy) is 1. The summed E-state index contributed by atoms with van der Waals surface area (Å²) in [5, 5.41) is 0. The van der Waals surface area contributed by atoms with Gasteiger partial charge in [-0.3, -0.25) is 0 Å². The molecule has 0 amide bonds. The van der Waals surface area contributed by atoms with E-state index in [9.17, 15) is 4.79 Å². The first-order valence-electron chi connectivity index (χ1n) is 5.92. The molecule has 2 rings (SSSR count). The second kappa shape index (κ2) is 3.66. The smallest absolute Gasteiger partial charge is 0.333 e. The molecule has 84 valence electrons. The number of fused-ring (bicyclic) bond motifs is 1. The van der Waals surface area contributed by atoms with Crippen LogP contribution >= 0.6 is 0 Å². The fourth-order valence-corrected chi connectivity index (χ4v) is 2.81. The van der Waals surface area contributed by atoms with Gasteiger partial charge in [-0.05, 0) is 39.0 Å². The van der Waals surface area contributed by atoms with Gasteiger partial charge >= 0.3 is 5.97 Å². The Morgan fingerprint density at radius 2 is 2.20 bits per heavy atom. The Kier molecular flexibility index (Phi) is 2.61. The third-order valence-corrected chi connectivity index (χ3v) is 3.88. The third kappa shape index (κ3) is 2.09. The van der Waals surface area contributed by atoms with Crippen molar-refractivity contribution in [3.05, 3.63) is 12.2 Å². The van der Waals surface area contributed by atoms with E-state index in [0.29, 0.717) is 11.5 Å². The summed E-state index contributed by atoms with van der Waals surface area (Å²) in [6.07, 6.45) is 6.08. The molecule has 2 nitrogen and oxygen atoms in total. The van der Waals surface area contributed by atoms with E-state index in [0.717, 1.165) is 12.3 Å². The van der Waals surface area contributed by atoms with Crippen LogP contribution in [0.3, 0.4) is 0 Å². The lowest BCUT2D eigenvalue weighted by molar-refractivity contribution is -0.156. The molecule has 0 aromatic heterocycles. The van der Waals surface area contributed by atoms with Crippen molar-refractivity contribution in [2.45, 2.75) is 51.6 Å². The number of carbonyl (C=O) groups is 1. The van der Waals surface area contributed by atoms with Crippen molar-refractivity contribution >= 4 is 5.97 Å². The number of esters is 1. The van der Waals surface area contributed by atoms with Crippen LogP contribution in [0.2, 0.25) is 0 Å². The van der Waals surface area contributed by atoms with Crippen LogP contribution in [0.15, 0.2) is 12.2 Å². The highest BCUT2D eigenvalue weighted by Crippen LogP contribution is 2.54. The molecule has 0 aromatic carbocycles. The summed E-state index contributed by atoms with van der Waals surface area (Å²) < 4.78 is 5.64. The van der Waals surface area contributed by atoms with Crippen LogP contribution in [0.4, 0.5) is 0 Å². The Morgan fingerprint density at radius 1 is 1.47 bits per heavy atom. The van der Waals surface area contributed by atoms with E-state index >= 15 is 0 Å². The maximum absolute atomic E-state index is 11.6. The molecule has 0 bridgehead atoms. The molecule has 0 heterocycles. The molecule has 0 radical (unpaired) electrons. The first kappa shape index (κ1) is 10.7. The summed E-state index contributed by atoms with van der Waals surface area (Å²) in [4.78, 5) is 11.6. The molecule has 15 heavy (non-hydrogen) atoms. The minimum Gasteiger partial charge on any atom is -0.456 e. The van der Waals surface area contributed by atoms with Gasteiger partial charge in [-0.25, -0.2) is 4.79 Å². The highest BCUT2D eigenvalue weighted by Gasteiger charge is 2.53. The normalized spacial score (nSPS) is 38.8. The summed E-state index contributed by atoms with van der Waals surface area (Å²) >= 11 is 0. The molecular weight excluding hydrogens is 188 g/mol. The Bertz CT molecular complexity index is 295. The average Bonchev–Trinajstić information content (AvgIpc) is 2.91. The van der Waals surface area contributed by atoms with E-state index in [1.165, 1.54) is 25.7 Å². The van der Waals surface area contributed by atoms with Gasteiger partial charge in [0, 0.05) is 11.5 Å². The fourth-order valence-electron chi connectivity index (χ4n) is 2.81. The molecule has 2 aliphatic carbocycles. The lowest BCUT2D eigenvalue weighted by Gasteiger charge is -2.29. The van der Waals surface area contributed by atoms with E-state index in [4.69, 9.17) is 4.74 Å². The van der Waals surface area contributed by atoms with Gasteiger partial charge < -0.3 is 4.74 Å². The SMILES string of the molecule is C=C(C)C(=O)OC1(C)CCCCC2CC21. The van der Waals surface area contributed by atoms with Crippen molar-refractivity contribution in [3.8, 4) is 0 Å². The zero-order valence-electron chi connectivity index (χ0n) is 9.71. The van der Waals surface area contributed by atoms with Gasteiger partial charge in [-0.1, -0.05) is 19.4 Å². The lowest BCUT2D eigenvalue weighted by Crippen LogP contribution is -2.34. The molecule has 0 N–H and O–H groups in total. The molecular formula is C13H20O2. The Morgan fingerprint density at radius 3 is 2.87 bits per heavy atom. The van der Waals surface area contributed by atoms with Crippen molar-refractivity contribution in [2.75, 3.05) is 0 Å².